The van der Waals surface area contributed by atoms with Gasteiger partial charge in [0.15, 0.2) is 0 Å². The number of carboxylic acid groups (broad SMARTS) is 1. The van der Waals surface area contributed by atoms with E-state index in [1.165, 1.54) is 0 Å². The smallest absolute Gasteiger partial charge is 0.317 e. The van der Waals surface area contributed by atoms with E-state index in [0.717, 1.165) is 0 Å². The summed E-state index contributed by atoms with van der Waals surface area (Å²) in [7, 11) is 0. The molecule has 1 fully saturated rings. The number of ether oxygens (including phenoxy) is 2. The third kappa shape index (κ3) is 1.44. The monoisotopic (exact) mass is 238 g/mol. The number of rotatable bonds is 2. The molecule has 0 amide bonds. The summed E-state index contributed by atoms with van der Waals surface area (Å²) in [6.07, 6.45) is 2.56. The zero-order chi connectivity index (χ0) is 11.9. The molecule has 1 aromatic rings. The number of aromatic nitrogens is 2. The van der Waals surface area contributed by atoms with Gasteiger partial charge in [-0.25, -0.2) is 4.98 Å². The first-order valence-corrected chi connectivity index (χ1v) is 5.74. The minimum atomic E-state index is -0.913. The van der Waals surface area contributed by atoms with Gasteiger partial charge in [-0.3, -0.25) is 9.36 Å². The van der Waals surface area contributed by atoms with E-state index < -0.39 is 11.4 Å². The van der Waals surface area contributed by atoms with Crippen LogP contribution in [0.2, 0.25) is 0 Å². The number of aliphatic carboxylic acids is 1. The Morgan fingerprint density at radius 3 is 2.88 bits per heavy atom. The summed E-state index contributed by atoms with van der Waals surface area (Å²) in [5.74, 6) is 0.467. The van der Waals surface area contributed by atoms with E-state index in [-0.39, 0.29) is 0 Å². The zero-order valence-corrected chi connectivity index (χ0v) is 9.39. The molecule has 0 saturated carbocycles. The SMILES string of the molecule is O=C(O)C1(c2ncc3n2CCO3)CCOCC1. The van der Waals surface area contributed by atoms with E-state index in [1.807, 2.05) is 4.57 Å². The highest BCUT2D eigenvalue weighted by Crippen LogP contribution is 2.37. The molecule has 3 rings (SSSR count). The zero-order valence-electron chi connectivity index (χ0n) is 9.39. The van der Waals surface area contributed by atoms with Crippen LogP contribution in [0.25, 0.3) is 0 Å². The van der Waals surface area contributed by atoms with Crippen molar-refractivity contribution in [2.45, 2.75) is 24.8 Å². The van der Waals surface area contributed by atoms with Crippen molar-refractivity contribution < 1.29 is 19.4 Å². The lowest BCUT2D eigenvalue weighted by molar-refractivity contribution is -0.148. The van der Waals surface area contributed by atoms with Gasteiger partial charge in [-0.2, -0.15) is 0 Å². The van der Waals surface area contributed by atoms with Gasteiger partial charge in [-0.1, -0.05) is 0 Å². The van der Waals surface area contributed by atoms with Crippen molar-refractivity contribution >= 4 is 5.97 Å². The van der Waals surface area contributed by atoms with Gasteiger partial charge >= 0.3 is 5.97 Å². The average Bonchev–Trinajstić information content (AvgIpc) is 2.91. The number of hydrogen-bond acceptors (Lipinski definition) is 4. The van der Waals surface area contributed by atoms with Crippen LogP contribution in [-0.2, 0) is 21.5 Å². The topological polar surface area (TPSA) is 73.6 Å². The van der Waals surface area contributed by atoms with Gasteiger partial charge in [-0.15, -0.1) is 0 Å². The Labute approximate surface area is 98.2 Å². The molecule has 0 unspecified atom stereocenters. The molecule has 0 atom stereocenters. The van der Waals surface area contributed by atoms with Crippen molar-refractivity contribution in [2.24, 2.45) is 0 Å². The quantitative estimate of drug-likeness (QED) is 0.807. The van der Waals surface area contributed by atoms with E-state index >= 15 is 0 Å². The minimum absolute atomic E-state index is 0.468. The number of carbonyl (C=O) groups is 1. The van der Waals surface area contributed by atoms with E-state index in [0.29, 0.717) is 50.9 Å². The molecule has 2 aliphatic rings. The van der Waals surface area contributed by atoms with Crippen LogP contribution in [0.3, 0.4) is 0 Å². The summed E-state index contributed by atoms with van der Waals surface area (Å²) >= 11 is 0. The fourth-order valence-corrected chi connectivity index (χ4v) is 2.57. The molecule has 17 heavy (non-hydrogen) atoms. The number of imidazole rings is 1. The number of carboxylic acids is 1. The van der Waals surface area contributed by atoms with Crippen molar-refractivity contribution in [3.05, 3.63) is 12.0 Å². The molecule has 3 heterocycles. The Morgan fingerprint density at radius 2 is 2.18 bits per heavy atom. The average molecular weight is 238 g/mol. The fraction of sp³-hybridized carbons (Fsp3) is 0.636. The molecule has 6 nitrogen and oxygen atoms in total. The van der Waals surface area contributed by atoms with Gasteiger partial charge in [0.1, 0.15) is 17.8 Å². The Kier molecular flexibility index (Phi) is 2.32. The summed E-state index contributed by atoms with van der Waals surface area (Å²) in [5.41, 5.74) is -0.913. The molecule has 0 aliphatic carbocycles. The second kappa shape index (κ2) is 3.73. The predicted molar refractivity (Wildman–Crippen MR) is 57.1 cm³/mol. The number of nitrogens with zero attached hydrogens (tertiary/aromatic N) is 2. The van der Waals surface area contributed by atoms with Crippen molar-refractivity contribution in [3.63, 3.8) is 0 Å². The van der Waals surface area contributed by atoms with E-state index in [2.05, 4.69) is 4.98 Å². The van der Waals surface area contributed by atoms with Gasteiger partial charge in [0.25, 0.3) is 0 Å². The third-order valence-electron chi connectivity index (χ3n) is 3.57. The van der Waals surface area contributed by atoms with Crippen molar-refractivity contribution in [1.82, 2.24) is 9.55 Å². The second-order valence-corrected chi connectivity index (χ2v) is 4.42. The van der Waals surface area contributed by atoms with Gasteiger partial charge in [0.05, 0.1) is 12.7 Å². The molecule has 0 bridgehead atoms. The summed E-state index contributed by atoms with van der Waals surface area (Å²) < 4.78 is 12.5. The van der Waals surface area contributed by atoms with Crippen LogP contribution in [0.4, 0.5) is 0 Å². The summed E-state index contributed by atoms with van der Waals surface area (Å²) in [5, 5.41) is 9.54. The minimum Gasteiger partial charge on any atom is -0.480 e. The van der Waals surface area contributed by atoms with E-state index in [9.17, 15) is 9.90 Å². The molecule has 2 aliphatic heterocycles. The lowest BCUT2D eigenvalue weighted by Gasteiger charge is -2.32. The van der Waals surface area contributed by atoms with E-state index in [1.54, 1.807) is 6.20 Å². The van der Waals surface area contributed by atoms with Gasteiger partial charge in [0.2, 0.25) is 5.88 Å². The van der Waals surface area contributed by atoms with Crippen LogP contribution in [0.1, 0.15) is 18.7 Å². The predicted octanol–water partition coefficient (Wildman–Crippen LogP) is 0.408. The van der Waals surface area contributed by atoms with Crippen molar-refractivity contribution in [1.29, 1.82) is 0 Å². The van der Waals surface area contributed by atoms with Crippen LogP contribution in [0.15, 0.2) is 6.20 Å². The molecule has 92 valence electrons. The summed E-state index contributed by atoms with van der Waals surface area (Å²) in [6, 6.07) is 0. The normalized spacial score (nSPS) is 21.9. The van der Waals surface area contributed by atoms with Gasteiger partial charge in [0, 0.05) is 13.2 Å². The standard InChI is InChI=1S/C11H14N2O4/c14-10(15)11(1-4-16-5-2-11)9-12-7-8-13(9)3-6-17-8/h7H,1-6H2,(H,14,15). The molecule has 1 aromatic heterocycles. The molecule has 0 aromatic carbocycles. The second-order valence-electron chi connectivity index (χ2n) is 4.42. The van der Waals surface area contributed by atoms with Crippen LogP contribution in [0.5, 0.6) is 5.88 Å². The van der Waals surface area contributed by atoms with Crippen LogP contribution in [0, 0.1) is 0 Å². The molecule has 0 radical (unpaired) electrons. The lowest BCUT2D eigenvalue weighted by atomic mass is 9.79. The summed E-state index contributed by atoms with van der Waals surface area (Å²) in [6.45, 7) is 2.21. The maximum absolute atomic E-state index is 11.6. The lowest BCUT2D eigenvalue weighted by Crippen LogP contribution is -2.43. The van der Waals surface area contributed by atoms with Crippen molar-refractivity contribution in [2.75, 3.05) is 19.8 Å². The Balaban J connectivity index is 2.06. The third-order valence-corrected chi connectivity index (χ3v) is 3.57. The molecule has 1 N–H and O–H groups in total. The first-order chi connectivity index (χ1) is 8.24. The molecule has 6 heteroatoms. The Hall–Kier alpha value is -1.56. The highest BCUT2D eigenvalue weighted by atomic mass is 16.5. The van der Waals surface area contributed by atoms with E-state index in [4.69, 9.17) is 9.47 Å². The molecular formula is C11H14N2O4. The number of hydrogen-bond donors (Lipinski definition) is 1. The first-order valence-electron chi connectivity index (χ1n) is 5.74. The summed E-state index contributed by atoms with van der Waals surface area (Å²) in [4.78, 5) is 15.9. The van der Waals surface area contributed by atoms with Crippen LogP contribution < -0.4 is 4.74 Å². The highest BCUT2D eigenvalue weighted by Gasteiger charge is 2.46. The van der Waals surface area contributed by atoms with Crippen LogP contribution >= 0.6 is 0 Å². The maximum atomic E-state index is 11.6. The molecular weight excluding hydrogens is 224 g/mol. The molecule has 1 saturated heterocycles. The Bertz CT molecular complexity index is 448. The Morgan fingerprint density at radius 1 is 1.41 bits per heavy atom. The molecule has 0 spiro atoms. The first kappa shape index (κ1) is 10.6. The maximum Gasteiger partial charge on any atom is 0.317 e. The van der Waals surface area contributed by atoms with Crippen LogP contribution in [-0.4, -0.2) is 40.4 Å². The number of fused-ring (bicyclic) bond motifs is 1. The highest BCUT2D eigenvalue weighted by molar-refractivity contribution is 5.80. The van der Waals surface area contributed by atoms with Gasteiger partial charge in [-0.05, 0) is 12.8 Å². The van der Waals surface area contributed by atoms with Crippen molar-refractivity contribution in [3.8, 4) is 5.88 Å². The van der Waals surface area contributed by atoms with Gasteiger partial charge < -0.3 is 14.6 Å². The fourth-order valence-electron chi connectivity index (χ4n) is 2.57. The largest absolute Gasteiger partial charge is 0.480 e.